The maximum atomic E-state index is 12.3. The van der Waals surface area contributed by atoms with Crippen LogP contribution in [0.3, 0.4) is 0 Å². The number of aryl methyl sites for hydroxylation is 1. The highest BCUT2D eigenvalue weighted by Crippen LogP contribution is 2.29. The van der Waals surface area contributed by atoms with E-state index in [2.05, 4.69) is 18.4 Å². The summed E-state index contributed by atoms with van der Waals surface area (Å²) in [6, 6.07) is 15.4. The second-order valence-electron chi connectivity index (χ2n) is 5.88. The predicted molar refractivity (Wildman–Crippen MR) is 112 cm³/mol. The number of benzene rings is 2. The van der Waals surface area contributed by atoms with E-state index in [4.69, 9.17) is 9.15 Å². The van der Waals surface area contributed by atoms with Crippen molar-refractivity contribution in [2.24, 2.45) is 0 Å². The molecule has 1 heterocycles. The fraction of sp³-hybridized carbons (Fsp3) is 0.174. The molecule has 0 amide bonds. The first kappa shape index (κ1) is 18.9. The molecule has 0 fully saturated rings. The molecule has 3 rings (SSSR count). The molecule has 0 aliphatic carbocycles. The zero-order chi connectivity index (χ0) is 19.1. The first-order valence-corrected chi connectivity index (χ1v) is 9.62. The van der Waals surface area contributed by atoms with Crippen molar-refractivity contribution in [1.29, 1.82) is 0 Å². The Morgan fingerprint density at radius 3 is 2.74 bits per heavy atom. The van der Waals surface area contributed by atoms with Crippen LogP contribution in [0.1, 0.15) is 11.1 Å². The van der Waals surface area contributed by atoms with Crippen molar-refractivity contribution in [3.63, 3.8) is 0 Å². The van der Waals surface area contributed by atoms with Gasteiger partial charge in [0.05, 0.1) is 11.3 Å². The smallest absolute Gasteiger partial charge is 0.340 e. The van der Waals surface area contributed by atoms with E-state index in [0.29, 0.717) is 29.9 Å². The van der Waals surface area contributed by atoms with Crippen LogP contribution in [0.5, 0.6) is 5.75 Å². The molecule has 3 aromatic rings. The van der Waals surface area contributed by atoms with Gasteiger partial charge in [-0.15, -0.1) is 18.3 Å². The van der Waals surface area contributed by atoms with Crippen LogP contribution in [0.25, 0.3) is 11.0 Å². The van der Waals surface area contributed by atoms with Crippen molar-refractivity contribution in [2.45, 2.75) is 18.2 Å². The second kappa shape index (κ2) is 9.16. The van der Waals surface area contributed by atoms with Gasteiger partial charge < -0.3 is 9.15 Å². The molecule has 136 valence electrons. The van der Waals surface area contributed by atoms with Gasteiger partial charge in [-0.1, -0.05) is 54.3 Å². The maximum absolute atomic E-state index is 12.3. The standard InChI is InChI=1S/C23H20O3S/c1-3-10-19-22(18-12-5-7-14-21(18)26-23(19)24)27-16-9-8-15-25-20-13-6-4-11-17(20)2/h3-7,11-14H,1,10,15-16H2,2H3. The highest BCUT2D eigenvalue weighted by Gasteiger charge is 2.13. The molecule has 27 heavy (non-hydrogen) atoms. The zero-order valence-electron chi connectivity index (χ0n) is 15.2. The molecule has 2 aromatic carbocycles. The van der Waals surface area contributed by atoms with Gasteiger partial charge in [-0.05, 0) is 31.0 Å². The van der Waals surface area contributed by atoms with Crippen molar-refractivity contribution in [3.8, 4) is 17.6 Å². The molecular formula is C23H20O3S. The number of hydrogen-bond donors (Lipinski definition) is 0. The number of ether oxygens (including phenoxy) is 1. The Morgan fingerprint density at radius 2 is 1.93 bits per heavy atom. The second-order valence-corrected chi connectivity index (χ2v) is 6.87. The molecule has 0 unspecified atom stereocenters. The minimum atomic E-state index is -0.313. The molecule has 4 heteroatoms. The highest BCUT2D eigenvalue weighted by molar-refractivity contribution is 7.99. The van der Waals surface area contributed by atoms with Gasteiger partial charge >= 0.3 is 5.63 Å². The van der Waals surface area contributed by atoms with E-state index in [1.54, 1.807) is 23.9 Å². The van der Waals surface area contributed by atoms with Crippen LogP contribution in [0, 0.1) is 18.8 Å². The summed E-state index contributed by atoms with van der Waals surface area (Å²) in [5.41, 5.74) is 2.00. The summed E-state index contributed by atoms with van der Waals surface area (Å²) in [6.45, 7) is 6.08. The van der Waals surface area contributed by atoms with E-state index in [1.807, 2.05) is 49.4 Å². The summed E-state index contributed by atoms with van der Waals surface area (Å²) in [4.78, 5) is 13.2. The van der Waals surface area contributed by atoms with Crippen molar-refractivity contribution >= 4 is 22.7 Å². The molecule has 0 saturated heterocycles. The van der Waals surface area contributed by atoms with Crippen LogP contribution in [0.2, 0.25) is 0 Å². The Kier molecular flexibility index (Phi) is 6.40. The molecule has 0 atom stereocenters. The van der Waals surface area contributed by atoms with Gasteiger partial charge in [-0.2, -0.15) is 0 Å². The van der Waals surface area contributed by atoms with Crippen LogP contribution in [0.4, 0.5) is 0 Å². The third-order valence-electron chi connectivity index (χ3n) is 4.01. The minimum absolute atomic E-state index is 0.313. The molecule has 0 N–H and O–H groups in total. The fourth-order valence-electron chi connectivity index (χ4n) is 2.69. The van der Waals surface area contributed by atoms with E-state index >= 15 is 0 Å². The quantitative estimate of drug-likeness (QED) is 0.263. The van der Waals surface area contributed by atoms with Crippen LogP contribution in [-0.2, 0) is 6.42 Å². The first-order valence-electron chi connectivity index (χ1n) is 8.63. The van der Waals surface area contributed by atoms with E-state index < -0.39 is 0 Å². The SMILES string of the molecule is C=CCc1c(SCC#CCOc2ccccc2C)c2ccccc2oc1=O. The number of rotatable bonds is 6. The van der Waals surface area contributed by atoms with Crippen LogP contribution in [0.15, 0.2) is 75.3 Å². The number of thioether (sulfide) groups is 1. The molecule has 1 aromatic heterocycles. The van der Waals surface area contributed by atoms with E-state index in [9.17, 15) is 4.79 Å². The third-order valence-corrected chi connectivity index (χ3v) is 5.05. The summed E-state index contributed by atoms with van der Waals surface area (Å²) in [5.74, 6) is 7.55. The Balaban J connectivity index is 1.72. The van der Waals surface area contributed by atoms with Gasteiger partial charge in [0.1, 0.15) is 17.9 Å². The molecule has 0 aliphatic heterocycles. The molecule has 0 spiro atoms. The van der Waals surface area contributed by atoms with Crippen molar-refractivity contribution in [2.75, 3.05) is 12.4 Å². The molecule has 0 radical (unpaired) electrons. The number of para-hydroxylation sites is 2. The maximum Gasteiger partial charge on any atom is 0.340 e. The lowest BCUT2D eigenvalue weighted by Gasteiger charge is -2.08. The lowest BCUT2D eigenvalue weighted by molar-refractivity contribution is 0.367. The number of allylic oxidation sites excluding steroid dienone is 1. The largest absolute Gasteiger partial charge is 0.481 e. The molecule has 3 nitrogen and oxygen atoms in total. The molecule has 0 aliphatic rings. The summed E-state index contributed by atoms with van der Waals surface area (Å²) in [5, 5.41) is 0.928. The lowest BCUT2D eigenvalue weighted by atomic mass is 10.1. The van der Waals surface area contributed by atoms with E-state index in [0.717, 1.165) is 21.6 Å². The topological polar surface area (TPSA) is 39.4 Å². The Hall–Kier alpha value is -2.90. The zero-order valence-corrected chi connectivity index (χ0v) is 16.0. The van der Waals surface area contributed by atoms with Gasteiger partial charge in [0.25, 0.3) is 0 Å². The normalized spacial score (nSPS) is 10.3. The van der Waals surface area contributed by atoms with E-state index in [-0.39, 0.29) is 5.63 Å². The van der Waals surface area contributed by atoms with Crippen LogP contribution >= 0.6 is 11.8 Å². The van der Waals surface area contributed by atoms with Crippen molar-refractivity contribution in [1.82, 2.24) is 0 Å². The van der Waals surface area contributed by atoms with Crippen LogP contribution < -0.4 is 10.4 Å². The summed E-state index contributed by atoms with van der Waals surface area (Å²) in [6.07, 6.45) is 2.19. The Labute approximate surface area is 163 Å². The van der Waals surface area contributed by atoms with Gasteiger partial charge in [0, 0.05) is 10.3 Å². The minimum Gasteiger partial charge on any atom is -0.481 e. The number of hydrogen-bond acceptors (Lipinski definition) is 4. The van der Waals surface area contributed by atoms with Crippen molar-refractivity contribution in [3.05, 3.63) is 82.7 Å². The lowest BCUT2D eigenvalue weighted by Crippen LogP contribution is -2.09. The van der Waals surface area contributed by atoms with Gasteiger partial charge in [-0.3, -0.25) is 0 Å². The summed E-state index contributed by atoms with van der Waals surface area (Å²) >= 11 is 1.54. The van der Waals surface area contributed by atoms with Gasteiger partial charge in [-0.25, -0.2) is 4.79 Å². The number of fused-ring (bicyclic) bond motifs is 1. The van der Waals surface area contributed by atoms with Gasteiger partial charge in [0.15, 0.2) is 0 Å². The van der Waals surface area contributed by atoms with Gasteiger partial charge in [0.2, 0.25) is 0 Å². The fourth-order valence-corrected chi connectivity index (χ4v) is 3.67. The molecule has 0 saturated carbocycles. The average Bonchev–Trinajstić information content (AvgIpc) is 2.68. The molecule has 0 bridgehead atoms. The highest BCUT2D eigenvalue weighted by atomic mass is 32.2. The predicted octanol–water partition coefficient (Wildman–Crippen LogP) is 5.00. The monoisotopic (exact) mass is 376 g/mol. The Morgan fingerprint density at radius 1 is 1.15 bits per heavy atom. The van der Waals surface area contributed by atoms with E-state index in [1.165, 1.54) is 0 Å². The van der Waals surface area contributed by atoms with Crippen LogP contribution in [-0.4, -0.2) is 12.4 Å². The molecular weight excluding hydrogens is 356 g/mol. The third kappa shape index (κ3) is 4.64. The summed E-state index contributed by atoms with van der Waals surface area (Å²) in [7, 11) is 0. The van der Waals surface area contributed by atoms with Crippen molar-refractivity contribution < 1.29 is 9.15 Å². The summed E-state index contributed by atoms with van der Waals surface area (Å²) < 4.78 is 11.1. The Bertz CT molecular complexity index is 1070. The average molecular weight is 376 g/mol. The first-order chi connectivity index (χ1) is 13.2.